The first-order valence-corrected chi connectivity index (χ1v) is 11.4. The Hall–Kier alpha value is -3.98. The fourth-order valence-corrected chi connectivity index (χ4v) is 4.82. The number of ether oxygens (including phenoxy) is 1. The molecule has 180 valence electrons. The highest BCUT2D eigenvalue weighted by Crippen LogP contribution is 2.31. The maximum absolute atomic E-state index is 14.1. The van der Waals surface area contributed by atoms with Crippen molar-refractivity contribution in [2.75, 3.05) is 27.2 Å². The lowest BCUT2D eigenvalue weighted by Gasteiger charge is -2.31. The van der Waals surface area contributed by atoms with Gasteiger partial charge >= 0.3 is 0 Å². The third-order valence-corrected chi connectivity index (χ3v) is 6.54. The molecule has 0 aliphatic carbocycles. The number of hydrogen-bond acceptors (Lipinski definition) is 5. The molecule has 0 fully saturated rings. The zero-order valence-electron chi connectivity index (χ0n) is 19.8. The van der Waals surface area contributed by atoms with Crippen molar-refractivity contribution in [3.05, 3.63) is 81.8 Å². The summed E-state index contributed by atoms with van der Waals surface area (Å²) in [5.41, 5.74) is 4.35. The van der Waals surface area contributed by atoms with Gasteiger partial charge in [0.25, 0.3) is 11.5 Å². The number of halogens is 1. The molecule has 0 spiro atoms. The van der Waals surface area contributed by atoms with E-state index >= 15 is 0 Å². The number of hydrogen-bond donors (Lipinski definition) is 2. The molecule has 8 nitrogen and oxygen atoms in total. The van der Waals surface area contributed by atoms with Gasteiger partial charge in [0.1, 0.15) is 17.0 Å². The Bertz CT molecular complexity index is 1520. The van der Waals surface area contributed by atoms with Crippen molar-refractivity contribution >= 4 is 28.0 Å². The van der Waals surface area contributed by atoms with Crippen molar-refractivity contribution in [3.8, 4) is 5.75 Å². The van der Waals surface area contributed by atoms with Crippen LogP contribution in [-0.4, -0.2) is 52.4 Å². The van der Waals surface area contributed by atoms with Crippen LogP contribution in [0.2, 0.25) is 0 Å². The van der Waals surface area contributed by atoms with E-state index in [0.717, 1.165) is 24.2 Å². The molecule has 1 aromatic carbocycles. The predicted molar refractivity (Wildman–Crippen MR) is 132 cm³/mol. The van der Waals surface area contributed by atoms with Gasteiger partial charge in [0, 0.05) is 50.7 Å². The Kier molecular flexibility index (Phi) is 5.86. The Balaban J connectivity index is 1.41. The summed E-state index contributed by atoms with van der Waals surface area (Å²) in [6, 6.07) is 8.69. The van der Waals surface area contributed by atoms with E-state index in [1.807, 2.05) is 18.2 Å². The molecule has 1 amide bonds. The molecular weight excluding hydrogens is 449 g/mol. The summed E-state index contributed by atoms with van der Waals surface area (Å²) >= 11 is 0. The molecule has 35 heavy (non-hydrogen) atoms. The van der Waals surface area contributed by atoms with Gasteiger partial charge < -0.3 is 19.4 Å². The predicted octanol–water partition coefficient (Wildman–Crippen LogP) is 3.22. The number of pyridine rings is 1. The minimum Gasteiger partial charge on any atom is -0.496 e. The summed E-state index contributed by atoms with van der Waals surface area (Å²) < 4.78 is 21.3. The van der Waals surface area contributed by atoms with Crippen molar-refractivity contribution in [2.24, 2.45) is 5.92 Å². The van der Waals surface area contributed by atoms with E-state index in [9.17, 15) is 14.0 Å². The van der Waals surface area contributed by atoms with Gasteiger partial charge in [0.05, 0.1) is 18.1 Å². The van der Waals surface area contributed by atoms with Gasteiger partial charge in [-0.25, -0.2) is 4.39 Å². The molecule has 3 aromatic heterocycles. The number of fused-ring (bicyclic) bond motifs is 3. The third kappa shape index (κ3) is 4.08. The number of nitrogens with one attached hydrogen (secondary N) is 2. The summed E-state index contributed by atoms with van der Waals surface area (Å²) in [6.45, 7) is 4.34. The molecule has 4 aromatic rings. The van der Waals surface area contributed by atoms with Crippen LogP contribution >= 0.6 is 0 Å². The quantitative estimate of drug-likeness (QED) is 0.463. The lowest BCUT2D eigenvalue weighted by molar-refractivity contribution is 0.0958. The fraction of sp³-hybridized carbons (Fsp3) is 0.269. The number of aromatic nitrogens is 3. The van der Waals surface area contributed by atoms with E-state index < -0.39 is 11.4 Å². The number of nitrogens with zero attached hydrogens (tertiary/aromatic N) is 3. The van der Waals surface area contributed by atoms with Crippen LogP contribution in [0.25, 0.3) is 22.1 Å². The van der Waals surface area contributed by atoms with Crippen LogP contribution in [0.5, 0.6) is 5.75 Å². The van der Waals surface area contributed by atoms with Crippen LogP contribution in [0, 0.1) is 11.7 Å². The van der Waals surface area contributed by atoms with Crippen LogP contribution in [0.3, 0.4) is 0 Å². The molecule has 1 aliphatic rings. The number of aromatic amines is 1. The average molecular weight is 476 g/mol. The molecule has 2 N–H and O–H groups in total. The Morgan fingerprint density at radius 3 is 2.83 bits per heavy atom. The van der Waals surface area contributed by atoms with Crippen LogP contribution in [0.1, 0.15) is 28.5 Å². The number of amides is 1. The van der Waals surface area contributed by atoms with Gasteiger partial charge in [-0.1, -0.05) is 19.1 Å². The van der Waals surface area contributed by atoms with Gasteiger partial charge in [-0.05, 0) is 35.3 Å². The van der Waals surface area contributed by atoms with E-state index in [0.29, 0.717) is 29.0 Å². The topological polar surface area (TPSA) is 91.7 Å². The van der Waals surface area contributed by atoms with Crippen LogP contribution in [0.15, 0.2) is 53.6 Å². The van der Waals surface area contributed by atoms with Crippen LogP contribution < -0.4 is 15.6 Å². The normalized spacial score (nSPS) is 16.5. The van der Waals surface area contributed by atoms with Crippen molar-refractivity contribution in [1.29, 1.82) is 0 Å². The molecule has 0 saturated carbocycles. The highest BCUT2D eigenvalue weighted by molar-refractivity contribution is 5.92. The van der Waals surface area contributed by atoms with Crippen molar-refractivity contribution < 1.29 is 13.9 Å². The number of carbonyl (C=O) groups excluding carboxylic acids is 1. The Morgan fingerprint density at radius 2 is 2.14 bits per heavy atom. The second-order valence-corrected chi connectivity index (χ2v) is 8.78. The summed E-state index contributed by atoms with van der Waals surface area (Å²) in [6.07, 6.45) is 5.48. The smallest absolute Gasteiger partial charge is 0.275 e. The minimum absolute atomic E-state index is 0.00679. The zero-order valence-corrected chi connectivity index (χ0v) is 19.8. The van der Waals surface area contributed by atoms with Crippen molar-refractivity contribution in [2.45, 2.75) is 13.5 Å². The number of rotatable bonds is 5. The first kappa shape index (κ1) is 22.8. The number of benzene rings is 1. The molecule has 0 saturated heterocycles. The van der Waals surface area contributed by atoms with Crippen molar-refractivity contribution in [3.63, 3.8) is 0 Å². The van der Waals surface area contributed by atoms with Gasteiger partial charge in [-0.3, -0.25) is 19.5 Å². The zero-order chi connectivity index (χ0) is 24.7. The van der Waals surface area contributed by atoms with Gasteiger partial charge in [0.15, 0.2) is 5.82 Å². The number of H-pyrrole nitrogens is 1. The molecule has 1 atom stereocenters. The maximum atomic E-state index is 14.1. The van der Waals surface area contributed by atoms with E-state index in [-0.39, 0.29) is 17.3 Å². The highest BCUT2D eigenvalue weighted by Gasteiger charge is 2.22. The van der Waals surface area contributed by atoms with Gasteiger partial charge in [-0.15, -0.1) is 0 Å². The molecule has 0 bridgehead atoms. The Morgan fingerprint density at radius 1 is 1.31 bits per heavy atom. The fourth-order valence-electron chi connectivity index (χ4n) is 4.82. The van der Waals surface area contributed by atoms with E-state index in [1.54, 1.807) is 37.0 Å². The molecule has 9 heteroatoms. The highest BCUT2D eigenvalue weighted by atomic mass is 19.1. The number of methoxy groups -OCH3 is 1. The molecule has 4 heterocycles. The number of carbonyl (C=O) groups is 1. The summed E-state index contributed by atoms with van der Waals surface area (Å²) in [4.78, 5) is 33.6. The molecule has 1 aliphatic heterocycles. The van der Waals surface area contributed by atoms with Crippen LogP contribution in [0.4, 0.5) is 4.39 Å². The second-order valence-electron chi connectivity index (χ2n) is 8.78. The second kappa shape index (κ2) is 8.99. The van der Waals surface area contributed by atoms with Crippen molar-refractivity contribution in [1.82, 2.24) is 24.6 Å². The van der Waals surface area contributed by atoms with Gasteiger partial charge in [-0.2, -0.15) is 0 Å². The Labute approximate surface area is 201 Å². The van der Waals surface area contributed by atoms with E-state index in [1.165, 1.54) is 11.6 Å². The first-order valence-electron chi connectivity index (χ1n) is 11.4. The molecule has 5 rings (SSSR count). The molecule has 0 radical (unpaired) electrons. The summed E-state index contributed by atoms with van der Waals surface area (Å²) in [7, 11) is 3.19. The standard InChI is InChI=1S/C26H26FN5O3/c1-15-13-31(8-6-18(15)16-4-5-20(29-12-16)25(33)28-2)14-17-10-21-22(11-23(17)35-3)32-9-7-19(27)24(32)26(34)30-21/h4-7,9-12,15H,8,13-14H2,1-3H3,(H,28,33)(H,30,34). The molecule has 1 unspecified atom stereocenters. The first-order chi connectivity index (χ1) is 16.9. The van der Waals surface area contributed by atoms with E-state index in [2.05, 4.69) is 33.2 Å². The monoisotopic (exact) mass is 475 g/mol. The lowest BCUT2D eigenvalue weighted by Crippen LogP contribution is -2.33. The van der Waals surface area contributed by atoms with E-state index in [4.69, 9.17) is 4.74 Å². The average Bonchev–Trinajstić information content (AvgIpc) is 3.26. The third-order valence-electron chi connectivity index (χ3n) is 6.54. The van der Waals surface area contributed by atoms with Crippen LogP contribution in [-0.2, 0) is 6.54 Å². The summed E-state index contributed by atoms with van der Waals surface area (Å²) in [5, 5.41) is 2.58. The maximum Gasteiger partial charge on any atom is 0.275 e. The summed E-state index contributed by atoms with van der Waals surface area (Å²) in [5.74, 6) is 0.169. The molecular formula is C26H26FN5O3. The van der Waals surface area contributed by atoms with Gasteiger partial charge in [0.2, 0.25) is 0 Å². The minimum atomic E-state index is -0.556. The largest absolute Gasteiger partial charge is 0.496 e. The SMILES string of the molecule is CNC(=O)c1ccc(C2=CCN(Cc3cc4[nH]c(=O)c5c(F)ccn5c4cc3OC)CC2C)cn1. The lowest BCUT2D eigenvalue weighted by atomic mass is 9.91.